The van der Waals surface area contributed by atoms with Crippen LogP contribution in [0.25, 0.3) is 0 Å². The second-order valence-electron chi connectivity index (χ2n) is 4.22. The van der Waals surface area contributed by atoms with Gasteiger partial charge in [0.25, 0.3) is 0 Å². The summed E-state index contributed by atoms with van der Waals surface area (Å²) in [5.41, 5.74) is 0.963. The van der Waals surface area contributed by atoms with E-state index in [1.807, 2.05) is 24.3 Å². The van der Waals surface area contributed by atoms with Crippen molar-refractivity contribution in [2.75, 3.05) is 11.9 Å². The molecule has 1 aromatic carbocycles. The van der Waals surface area contributed by atoms with Gasteiger partial charge in [-0.15, -0.1) is 0 Å². The van der Waals surface area contributed by atoms with Crippen molar-refractivity contribution in [1.29, 1.82) is 0 Å². The van der Waals surface area contributed by atoms with E-state index in [9.17, 15) is 10.1 Å². The maximum absolute atomic E-state index is 10.6. The smallest absolute Gasteiger partial charge is 0.324 e. The lowest BCUT2D eigenvalue weighted by Crippen LogP contribution is -1.98. The van der Waals surface area contributed by atoms with E-state index in [0.717, 1.165) is 22.7 Å². The standard InChI is InChI=1S/C14H16N2O3S/c1-2-9-19-12-5-3-11(4-6-12)15-10-13-7-8-14(20-13)16(17)18/h3-8,15H,2,9-10H2,1H3. The lowest BCUT2D eigenvalue weighted by atomic mass is 10.3. The van der Waals surface area contributed by atoms with Crippen LogP contribution in [0.4, 0.5) is 10.7 Å². The Morgan fingerprint density at radius 3 is 2.60 bits per heavy atom. The van der Waals surface area contributed by atoms with Crippen molar-refractivity contribution in [2.45, 2.75) is 19.9 Å². The number of hydrogen-bond acceptors (Lipinski definition) is 5. The Kier molecular flexibility index (Phi) is 4.95. The minimum absolute atomic E-state index is 0.171. The third kappa shape index (κ3) is 3.96. The molecule has 2 rings (SSSR count). The Morgan fingerprint density at radius 1 is 1.25 bits per heavy atom. The van der Waals surface area contributed by atoms with Crippen LogP contribution in [0.15, 0.2) is 36.4 Å². The quantitative estimate of drug-likeness (QED) is 0.617. The zero-order chi connectivity index (χ0) is 14.4. The monoisotopic (exact) mass is 292 g/mol. The summed E-state index contributed by atoms with van der Waals surface area (Å²) in [6.07, 6.45) is 0.983. The molecule has 0 fully saturated rings. The maximum Gasteiger partial charge on any atom is 0.324 e. The molecule has 0 aliphatic heterocycles. The minimum Gasteiger partial charge on any atom is -0.494 e. The molecule has 0 unspecified atom stereocenters. The van der Waals surface area contributed by atoms with Gasteiger partial charge in [0.15, 0.2) is 0 Å². The van der Waals surface area contributed by atoms with Gasteiger partial charge in [-0.25, -0.2) is 0 Å². The molecule has 0 saturated heterocycles. The number of nitro groups is 1. The Morgan fingerprint density at radius 2 is 2.00 bits per heavy atom. The van der Waals surface area contributed by atoms with Crippen LogP contribution in [0, 0.1) is 10.1 Å². The van der Waals surface area contributed by atoms with E-state index < -0.39 is 0 Å². The molecule has 0 radical (unpaired) electrons. The number of benzene rings is 1. The summed E-state index contributed by atoms with van der Waals surface area (Å²) in [7, 11) is 0. The average molecular weight is 292 g/mol. The molecule has 0 aliphatic rings. The number of anilines is 1. The van der Waals surface area contributed by atoms with E-state index in [1.54, 1.807) is 6.07 Å². The molecule has 1 N–H and O–H groups in total. The second kappa shape index (κ2) is 6.91. The van der Waals surface area contributed by atoms with Gasteiger partial charge in [0.1, 0.15) is 5.75 Å². The molecule has 0 spiro atoms. The minimum atomic E-state index is -0.367. The van der Waals surface area contributed by atoms with Crippen molar-refractivity contribution >= 4 is 22.0 Å². The van der Waals surface area contributed by atoms with Gasteiger partial charge in [0.2, 0.25) is 0 Å². The van der Waals surface area contributed by atoms with E-state index in [2.05, 4.69) is 12.2 Å². The maximum atomic E-state index is 10.6. The molecule has 5 nitrogen and oxygen atoms in total. The molecule has 0 atom stereocenters. The molecule has 0 saturated carbocycles. The van der Waals surface area contributed by atoms with Crippen molar-refractivity contribution in [3.8, 4) is 5.75 Å². The fourth-order valence-electron chi connectivity index (χ4n) is 1.64. The van der Waals surface area contributed by atoms with Gasteiger partial charge in [-0.05, 0) is 36.8 Å². The number of ether oxygens (including phenoxy) is 1. The van der Waals surface area contributed by atoms with Crippen LogP contribution in [0.3, 0.4) is 0 Å². The molecule has 0 amide bonds. The lowest BCUT2D eigenvalue weighted by Gasteiger charge is -2.07. The zero-order valence-electron chi connectivity index (χ0n) is 11.2. The number of hydrogen-bond donors (Lipinski definition) is 1. The van der Waals surface area contributed by atoms with E-state index in [-0.39, 0.29) is 9.92 Å². The Bertz CT molecular complexity index is 566. The Balaban J connectivity index is 1.88. The van der Waals surface area contributed by atoms with Crippen LogP contribution in [0.5, 0.6) is 5.75 Å². The van der Waals surface area contributed by atoms with Crippen LogP contribution in [0.2, 0.25) is 0 Å². The highest BCUT2D eigenvalue weighted by Gasteiger charge is 2.09. The van der Waals surface area contributed by atoms with Gasteiger partial charge in [0.05, 0.1) is 11.5 Å². The molecular formula is C14H16N2O3S. The molecule has 20 heavy (non-hydrogen) atoms. The van der Waals surface area contributed by atoms with Crippen LogP contribution in [-0.4, -0.2) is 11.5 Å². The summed E-state index contributed by atoms with van der Waals surface area (Å²) in [6.45, 7) is 3.36. The molecule has 2 aromatic rings. The molecule has 1 heterocycles. The first kappa shape index (κ1) is 14.3. The summed E-state index contributed by atoms with van der Waals surface area (Å²) in [6, 6.07) is 11.0. The summed E-state index contributed by atoms with van der Waals surface area (Å²) in [5, 5.41) is 14.0. The van der Waals surface area contributed by atoms with E-state index in [4.69, 9.17) is 4.74 Å². The first-order valence-corrected chi connectivity index (χ1v) is 7.20. The predicted octanol–water partition coefficient (Wildman–Crippen LogP) is 4.06. The number of nitrogens with one attached hydrogen (secondary N) is 1. The average Bonchev–Trinajstić information content (AvgIpc) is 2.93. The molecule has 0 bridgehead atoms. The topological polar surface area (TPSA) is 64.4 Å². The predicted molar refractivity (Wildman–Crippen MR) is 80.5 cm³/mol. The van der Waals surface area contributed by atoms with Crippen LogP contribution < -0.4 is 10.1 Å². The van der Waals surface area contributed by atoms with E-state index in [1.165, 1.54) is 17.4 Å². The highest BCUT2D eigenvalue weighted by atomic mass is 32.1. The number of nitrogens with zero attached hydrogens (tertiary/aromatic N) is 1. The number of thiophene rings is 1. The normalized spacial score (nSPS) is 10.2. The Hall–Kier alpha value is -2.08. The molecule has 0 aliphatic carbocycles. The van der Waals surface area contributed by atoms with E-state index >= 15 is 0 Å². The van der Waals surface area contributed by atoms with Crippen LogP contribution >= 0.6 is 11.3 Å². The van der Waals surface area contributed by atoms with E-state index in [0.29, 0.717) is 13.2 Å². The van der Waals surface area contributed by atoms with Crippen LogP contribution in [0.1, 0.15) is 18.2 Å². The van der Waals surface area contributed by atoms with Gasteiger partial charge < -0.3 is 10.1 Å². The Labute approximate surface area is 121 Å². The third-order valence-corrected chi connectivity index (χ3v) is 3.66. The summed E-state index contributed by atoms with van der Waals surface area (Å²) in [5.74, 6) is 0.851. The van der Waals surface area contributed by atoms with Crippen molar-refractivity contribution in [2.24, 2.45) is 0 Å². The highest BCUT2D eigenvalue weighted by molar-refractivity contribution is 7.15. The summed E-state index contributed by atoms with van der Waals surface area (Å²) in [4.78, 5) is 11.2. The fourth-order valence-corrected chi connectivity index (χ4v) is 2.40. The molecular weight excluding hydrogens is 276 g/mol. The molecule has 6 heteroatoms. The van der Waals surface area contributed by atoms with Gasteiger partial charge in [-0.2, -0.15) is 0 Å². The van der Waals surface area contributed by atoms with Crippen molar-refractivity contribution < 1.29 is 9.66 Å². The number of rotatable bonds is 7. The summed E-state index contributed by atoms with van der Waals surface area (Å²) < 4.78 is 5.50. The van der Waals surface area contributed by atoms with Gasteiger partial charge >= 0.3 is 5.00 Å². The van der Waals surface area contributed by atoms with Gasteiger partial charge in [-0.3, -0.25) is 10.1 Å². The van der Waals surface area contributed by atoms with Crippen LogP contribution in [-0.2, 0) is 6.54 Å². The van der Waals surface area contributed by atoms with Crippen molar-refractivity contribution in [1.82, 2.24) is 0 Å². The van der Waals surface area contributed by atoms with Gasteiger partial charge in [0, 0.05) is 23.2 Å². The SMILES string of the molecule is CCCOc1ccc(NCc2ccc([N+](=O)[O-])s2)cc1. The molecule has 106 valence electrons. The van der Waals surface area contributed by atoms with Gasteiger partial charge in [-0.1, -0.05) is 18.3 Å². The third-order valence-electron chi connectivity index (χ3n) is 2.62. The summed E-state index contributed by atoms with van der Waals surface area (Å²) >= 11 is 1.19. The van der Waals surface area contributed by atoms with Crippen molar-refractivity contribution in [3.05, 3.63) is 51.4 Å². The first-order valence-electron chi connectivity index (χ1n) is 6.39. The largest absolute Gasteiger partial charge is 0.494 e. The molecule has 1 aromatic heterocycles. The highest BCUT2D eigenvalue weighted by Crippen LogP contribution is 2.25. The lowest BCUT2D eigenvalue weighted by molar-refractivity contribution is -0.380. The zero-order valence-corrected chi connectivity index (χ0v) is 12.0. The van der Waals surface area contributed by atoms with Crippen molar-refractivity contribution in [3.63, 3.8) is 0 Å². The first-order chi connectivity index (χ1) is 9.69. The second-order valence-corrected chi connectivity index (χ2v) is 5.37. The fraction of sp³-hybridized carbons (Fsp3) is 0.286.